The van der Waals surface area contributed by atoms with Gasteiger partial charge in [-0.05, 0) is 6.92 Å². The fourth-order valence-corrected chi connectivity index (χ4v) is 1.33. The first-order valence-electron chi connectivity index (χ1n) is 5.05. The van der Waals surface area contributed by atoms with Gasteiger partial charge in [-0.2, -0.15) is 4.98 Å². The molecule has 0 saturated carbocycles. The van der Waals surface area contributed by atoms with Crippen LogP contribution in [0.25, 0.3) is 11.2 Å². The number of hydrogen-bond donors (Lipinski definition) is 3. The molecule has 8 nitrogen and oxygen atoms in total. The molecule has 1 atom stereocenters. The maximum absolute atomic E-state index is 11.5. The van der Waals surface area contributed by atoms with Gasteiger partial charge in [0.25, 0.3) is 5.56 Å². The molecule has 2 heterocycles. The topological polar surface area (TPSA) is 119 Å². The lowest BCUT2D eigenvalue weighted by Crippen LogP contribution is -2.16. The summed E-state index contributed by atoms with van der Waals surface area (Å²) in [4.78, 5) is 21.7. The Kier molecular flexibility index (Phi) is 3.07. The summed E-state index contributed by atoms with van der Waals surface area (Å²) < 4.78 is 6.85. The van der Waals surface area contributed by atoms with E-state index in [1.54, 1.807) is 11.5 Å². The maximum Gasteiger partial charge on any atom is 0.280 e. The third-order valence-corrected chi connectivity index (χ3v) is 2.25. The molecule has 0 fully saturated rings. The van der Waals surface area contributed by atoms with Crippen molar-refractivity contribution in [2.24, 2.45) is 0 Å². The highest BCUT2D eigenvalue weighted by molar-refractivity contribution is 5.70. The van der Waals surface area contributed by atoms with Gasteiger partial charge >= 0.3 is 0 Å². The van der Waals surface area contributed by atoms with Crippen molar-refractivity contribution in [3.05, 3.63) is 16.7 Å². The van der Waals surface area contributed by atoms with Crippen LogP contribution in [0.3, 0.4) is 0 Å². The Morgan fingerprint density at radius 3 is 3.18 bits per heavy atom. The van der Waals surface area contributed by atoms with Gasteiger partial charge in [0.15, 0.2) is 11.2 Å². The van der Waals surface area contributed by atoms with E-state index in [4.69, 9.17) is 15.6 Å². The van der Waals surface area contributed by atoms with E-state index < -0.39 is 0 Å². The minimum atomic E-state index is -0.388. The predicted molar refractivity (Wildman–Crippen MR) is 60.2 cm³/mol. The zero-order valence-electron chi connectivity index (χ0n) is 9.25. The molecule has 2 aromatic rings. The van der Waals surface area contributed by atoms with E-state index in [0.29, 0.717) is 5.65 Å². The van der Waals surface area contributed by atoms with Crippen LogP contribution < -0.4 is 11.3 Å². The van der Waals surface area contributed by atoms with Crippen molar-refractivity contribution in [3.8, 4) is 0 Å². The first-order chi connectivity index (χ1) is 8.11. The molecule has 0 amide bonds. The number of anilines is 1. The van der Waals surface area contributed by atoms with Crippen LogP contribution in [-0.4, -0.2) is 37.3 Å². The van der Waals surface area contributed by atoms with Crippen molar-refractivity contribution in [3.63, 3.8) is 0 Å². The third-order valence-electron chi connectivity index (χ3n) is 2.25. The van der Waals surface area contributed by atoms with Gasteiger partial charge in [0, 0.05) is 0 Å². The van der Waals surface area contributed by atoms with Gasteiger partial charge in [-0.3, -0.25) is 14.3 Å². The monoisotopic (exact) mass is 239 g/mol. The SMILES string of the molecule is C[C@H](CO)OCn1cnc2c(=O)[nH]c(N)nc21. The Balaban J connectivity index is 2.33. The van der Waals surface area contributed by atoms with E-state index in [-0.39, 0.29) is 36.5 Å². The molecule has 0 saturated heterocycles. The fraction of sp³-hybridized carbons (Fsp3) is 0.444. The van der Waals surface area contributed by atoms with Crippen molar-refractivity contribution in [2.75, 3.05) is 12.3 Å². The largest absolute Gasteiger partial charge is 0.394 e. The standard InChI is InChI=1S/C9H13N5O3/c1-5(2-15)17-4-14-3-11-6-7(14)12-9(10)13-8(6)16/h3,5,15H,2,4H2,1H3,(H3,10,12,13,16)/t5-/m1/s1. The number of H-pyrrole nitrogens is 1. The molecule has 8 heteroatoms. The lowest BCUT2D eigenvalue weighted by Gasteiger charge is -2.10. The van der Waals surface area contributed by atoms with Crippen molar-refractivity contribution in [2.45, 2.75) is 19.8 Å². The van der Waals surface area contributed by atoms with Crippen LogP contribution in [0, 0.1) is 0 Å². The van der Waals surface area contributed by atoms with E-state index in [9.17, 15) is 4.79 Å². The van der Waals surface area contributed by atoms with Gasteiger partial charge in [0.1, 0.15) is 6.73 Å². The molecule has 0 aromatic carbocycles. The number of nitrogens with zero attached hydrogens (tertiary/aromatic N) is 3. The summed E-state index contributed by atoms with van der Waals surface area (Å²) in [5.41, 5.74) is 5.62. The van der Waals surface area contributed by atoms with Gasteiger partial charge in [-0.25, -0.2) is 4.98 Å². The van der Waals surface area contributed by atoms with Crippen LogP contribution in [0.15, 0.2) is 11.1 Å². The summed E-state index contributed by atoms with van der Waals surface area (Å²) in [5.74, 6) is 0.0273. The number of aliphatic hydroxyl groups is 1. The Bertz CT molecular complexity index is 576. The van der Waals surface area contributed by atoms with E-state index in [0.717, 1.165) is 0 Å². The number of aromatic amines is 1. The van der Waals surface area contributed by atoms with Crippen LogP contribution in [0.1, 0.15) is 6.92 Å². The Morgan fingerprint density at radius 2 is 2.47 bits per heavy atom. The number of aliphatic hydroxyl groups excluding tert-OH is 1. The average Bonchev–Trinajstić information content (AvgIpc) is 2.69. The molecule has 0 spiro atoms. The molecule has 2 aromatic heterocycles. The molecule has 0 aliphatic heterocycles. The predicted octanol–water partition coefficient (Wildman–Crippen LogP) is -0.943. The average molecular weight is 239 g/mol. The van der Waals surface area contributed by atoms with Crippen LogP contribution in [-0.2, 0) is 11.5 Å². The van der Waals surface area contributed by atoms with Gasteiger partial charge in [0.2, 0.25) is 5.95 Å². The normalized spacial score (nSPS) is 13.1. The molecule has 17 heavy (non-hydrogen) atoms. The first-order valence-corrected chi connectivity index (χ1v) is 5.05. The summed E-state index contributed by atoms with van der Waals surface area (Å²) in [5, 5.41) is 8.82. The first kappa shape index (κ1) is 11.6. The highest BCUT2D eigenvalue weighted by atomic mass is 16.5. The molecular weight excluding hydrogens is 226 g/mol. The zero-order valence-corrected chi connectivity index (χ0v) is 9.25. The third kappa shape index (κ3) is 2.27. The quantitative estimate of drug-likeness (QED) is 0.633. The molecule has 0 bridgehead atoms. The smallest absolute Gasteiger partial charge is 0.280 e. The molecule has 0 radical (unpaired) electrons. The minimum Gasteiger partial charge on any atom is -0.394 e. The number of imidazole rings is 1. The summed E-state index contributed by atoms with van der Waals surface area (Å²) in [6.07, 6.45) is 1.14. The van der Waals surface area contributed by atoms with Crippen LogP contribution in [0.5, 0.6) is 0 Å². The number of aromatic nitrogens is 4. The molecule has 2 rings (SSSR count). The zero-order chi connectivity index (χ0) is 12.4. The van der Waals surface area contributed by atoms with Gasteiger partial charge in [-0.15, -0.1) is 0 Å². The lowest BCUT2D eigenvalue weighted by atomic mass is 10.4. The van der Waals surface area contributed by atoms with Gasteiger partial charge in [-0.1, -0.05) is 0 Å². The number of nitrogens with one attached hydrogen (secondary N) is 1. The second-order valence-corrected chi connectivity index (χ2v) is 3.63. The Labute approximate surface area is 96.1 Å². The second kappa shape index (κ2) is 4.52. The maximum atomic E-state index is 11.5. The number of ether oxygens (including phenoxy) is 1. The van der Waals surface area contributed by atoms with Gasteiger partial charge < -0.3 is 15.6 Å². The number of fused-ring (bicyclic) bond motifs is 1. The summed E-state index contributed by atoms with van der Waals surface area (Å²) >= 11 is 0. The number of rotatable bonds is 4. The molecule has 4 N–H and O–H groups in total. The van der Waals surface area contributed by atoms with E-state index in [1.165, 1.54) is 6.33 Å². The molecule has 0 aliphatic rings. The van der Waals surface area contributed by atoms with E-state index in [2.05, 4.69) is 15.0 Å². The van der Waals surface area contributed by atoms with E-state index >= 15 is 0 Å². The number of hydrogen-bond acceptors (Lipinski definition) is 6. The molecular formula is C9H13N5O3. The Morgan fingerprint density at radius 1 is 1.71 bits per heavy atom. The summed E-state index contributed by atoms with van der Waals surface area (Å²) in [7, 11) is 0. The fourth-order valence-electron chi connectivity index (χ4n) is 1.33. The van der Waals surface area contributed by atoms with Crippen molar-refractivity contribution in [1.82, 2.24) is 19.5 Å². The molecule has 0 aliphatic carbocycles. The van der Waals surface area contributed by atoms with Crippen molar-refractivity contribution < 1.29 is 9.84 Å². The van der Waals surface area contributed by atoms with Crippen LogP contribution in [0.4, 0.5) is 5.95 Å². The summed E-state index contributed by atoms with van der Waals surface area (Å²) in [6.45, 7) is 1.80. The van der Waals surface area contributed by atoms with E-state index in [1.807, 2.05) is 0 Å². The molecule has 0 unspecified atom stereocenters. The molecule has 92 valence electrons. The highest BCUT2D eigenvalue weighted by Gasteiger charge is 2.09. The van der Waals surface area contributed by atoms with Crippen LogP contribution >= 0.6 is 0 Å². The highest BCUT2D eigenvalue weighted by Crippen LogP contribution is 2.07. The van der Waals surface area contributed by atoms with Crippen molar-refractivity contribution in [1.29, 1.82) is 0 Å². The number of nitrogens with two attached hydrogens (primary N) is 1. The second-order valence-electron chi connectivity index (χ2n) is 3.63. The summed E-state index contributed by atoms with van der Waals surface area (Å²) in [6, 6.07) is 0. The van der Waals surface area contributed by atoms with Gasteiger partial charge in [0.05, 0.1) is 19.0 Å². The lowest BCUT2D eigenvalue weighted by molar-refractivity contribution is -0.0115. The van der Waals surface area contributed by atoms with Crippen LogP contribution in [0.2, 0.25) is 0 Å². The Hall–Kier alpha value is -1.93. The number of nitrogen functional groups attached to an aromatic ring is 1. The van der Waals surface area contributed by atoms with Crippen molar-refractivity contribution >= 4 is 17.1 Å². The minimum absolute atomic E-state index is 0.0273.